The van der Waals surface area contributed by atoms with E-state index >= 15 is 0 Å². The smallest absolute Gasteiger partial charge is 0.434 e. The van der Waals surface area contributed by atoms with Gasteiger partial charge in [-0.3, -0.25) is 14.6 Å². The summed E-state index contributed by atoms with van der Waals surface area (Å²) < 4.78 is 176. The van der Waals surface area contributed by atoms with Crippen LogP contribution in [-0.4, -0.2) is 145 Å². The lowest BCUT2D eigenvalue weighted by Gasteiger charge is -2.39. The van der Waals surface area contributed by atoms with Crippen LogP contribution in [0.4, 0.5) is 62.3 Å². The highest BCUT2D eigenvalue weighted by Gasteiger charge is 2.61. The minimum absolute atomic E-state index is 0.111. The highest BCUT2D eigenvalue weighted by Crippen LogP contribution is 2.38. The number of rotatable bonds is 12. The van der Waals surface area contributed by atoms with Crippen LogP contribution >= 0.6 is 0 Å². The summed E-state index contributed by atoms with van der Waals surface area (Å²) in [6, 6.07) is 13.7. The Morgan fingerprint density at radius 3 is 1.17 bits per heavy atom. The highest BCUT2D eigenvalue weighted by molar-refractivity contribution is 5.68. The van der Waals surface area contributed by atoms with Crippen molar-refractivity contribution < 1.29 is 100 Å². The van der Waals surface area contributed by atoms with Crippen LogP contribution in [0.25, 0.3) is 0 Å². The topological polar surface area (TPSA) is 192 Å². The molecular formula is C44H50F12N6O10. The molecule has 72 heavy (non-hydrogen) atoms. The first-order valence-electron chi connectivity index (χ1n) is 21.1. The zero-order chi connectivity index (χ0) is 55.3. The van der Waals surface area contributed by atoms with Gasteiger partial charge in [-0.1, -0.05) is 20.8 Å². The Kier molecular flexibility index (Phi) is 21.2. The van der Waals surface area contributed by atoms with Crippen LogP contribution in [-0.2, 0) is 41.7 Å². The number of alkyl halides is 12. The summed E-state index contributed by atoms with van der Waals surface area (Å²) >= 11 is 0. The van der Waals surface area contributed by atoms with Gasteiger partial charge in [-0.15, -0.1) is 0 Å². The van der Waals surface area contributed by atoms with Gasteiger partial charge in [-0.25, -0.2) is 9.59 Å². The minimum atomic E-state index is -5.79. The second-order valence-electron chi connectivity index (χ2n) is 17.8. The van der Waals surface area contributed by atoms with Gasteiger partial charge in [-0.2, -0.15) is 72.8 Å². The monoisotopic (exact) mass is 1050 g/mol. The fourth-order valence-electron chi connectivity index (χ4n) is 6.31. The molecule has 28 heteroatoms. The number of carbonyl (C=O) groups is 3. The predicted molar refractivity (Wildman–Crippen MR) is 222 cm³/mol. The number of benzene rings is 2. The fraction of sp³-hybridized carbons (Fsp3) is 0.591. The normalized spacial score (nSPS) is 15.4. The lowest BCUT2D eigenvalue weighted by Crippen LogP contribution is -2.52. The molecule has 0 bridgehead atoms. The van der Waals surface area contributed by atoms with E-state index in [0.29, 0.717) is 23.4 Å². The molecule has 0 aliphatic carbocycles. The third-order valence-corrected chi connectivity index (χ3v) is 10.8. The van der Waals surface area contributed by atoms with E-state index in [9.17, 15) is 77.6 Å². The van der Waals surface area contributed by atoms with Crippen molar-refractivity contribution >= 4 is 24.8 Å². The SMILES string of the molecule is CC(C)(C)C(C)(C)Oc1cc(C#N)cc(CN2CCN(C(=O)OC(C(F)(F)F)C(F)(F)F)CC2)c1.CC(C)(OC=O)Oc1cc(C#N)cc(CN2CCN(C(=O)OC(C(F)(F)F)C(F)(F)F)CC2)c1.O=C=O. The first-order valence-corrected chi connectivity index (χ1v) is 21.1. The Labute approximate surface area is 404 Å². The van der Waals surface area contributed by atoms with Crippen LogP contribution < -0.4 is 9.47 Å². The van der Waals surface area contributed by atoms with Crippen LogP contribution in [0.1, 0.15) is 70.7 Å². The summed E-state index contributed by atoms with van der Waals surface area (Å²) in [7, 11) is 0. The average molecular weight is 1050 g/mol. The van der Waals surface area contributed by atoms with Crippen LogP contribution in [0.2, 0.25) is 0 Å². The quantitative estimate of drug-likeness (QED) is 0.0850. The van der Waals surface area contributed by atoms with E-state index in [4.69, 9.17) is 23.8 Å². The number of hydrogen-bond acceptors (Lipinski definition) is 14. The van der Waals surface area contributed by atoms with Crippen LogP contribution in [0.15, 0.2) is 36.4 Å². The molecule has 2 aliphatic rings. The number of piperazine rings is 2. The molecule has 0 saturated carbocycles. The summed E-state index contributed by atoms with van der Waals surface area (Å²) in [5, 5.41) is 18.6. The van der Waals surface area contributed by atoms with Gasteiger partial charge in [0.1, 0.15) is 17.1 Å². The number of hydrogen-bond donors (Lipinski definition) is 0. The van der Waals surface area contributed by atoms with Crippen molar-refractivity contribution in [2.75, 3.05) is 52.4 Å². The van der Waals surface area contributed by atoms with Gasteiger partial charge < -0.3 is 33.5 Å². The van der Waals surface area contributed by atoms with Crippen molar-refractivity contribution in [2.45, 2.75) is 110 Å². The Bertz CT molecular complexity index is 2240. The zero-order valence-corrected chi connectivity index (χ0v) is 39.6. The van der Waals surface area contributed by atoms with Crippen molar-refractivity contribution in [2.24, 2.45) is 5.41 Å². The van der Waals surface area contributed by atoms with Crippen LogP contribution in [0.3, 0.4) is 0 Å². The molecule has 2 heterocycles. The molecule has 2 amide bonds. The minimum Gasteiger partial charge on any atom is -0.487 e. The molecule has 0 atom stereocenters. The van der Waals surface area contributed by atoms with Gasteiger partial charge in [0.05, 0.1) is 23.3 Å². The second kappa shape index (κ2) is 24.7. The maximum absolute atomic E-state index is 12.7. The Balaban J connectivity index is 0.000000468. The molecule has 2 aliphatic heterocycles. The fourth-order valence-corrected chi connectivity index (χ4v) is 6.31. The average Bonchev–Trinajstić information content (AvgIpc) is 3.23. The molecule has 4 rings (SSSR count). The van der Waals surface area contributed by atoms with Crippen molar-refractivity contribution in [3.05, 3.63) is 58.7 Å². The second-order valence-corrected chi connectivity index (χ2v) is 17.8. The first-order chi connectivity index (χ1) is 32.9. The molecule has 2 aromatic rings. The summed E-state index contributed by atoms with van der Waals surface area (Å²) in [6.07, 6.45) is -34.6. The molecule has 2 aromatic carbocycles. The van der Waals surface area contributed by atoms with E-state index in [0.717, 1.165) is 15.4 Å². The van der Waals surface area contributed by atoms with E-state index in [1.807, 2.05) is 45.6 Å². The van der Waals surface area contributed by atoms with Gasteiger partial charge in [0.2, 0.25) is 5.79 Å². The van der Waals surface area contributed by atoms with E-state index in [2.05, 4.69) is 15.5 Å². The van der Waals surface area contributed by atoms with Gasteiger partial charge in [0.15, 0.2) is 0 Å². The maximum Gasteiger partial charge on any atom is 0.434 e. The Morgan fingerprint density at radius 2 is 0.889 bits per heavy atom. The maximum atomic E-state index is 12.7. The molecule has 2 saturated heterocycles. The lowest BCUT2D eigenvalue weighted by atomic mass is 9.79. The van der Waals surface area contributed by atoms with Crippen molar-refractivity contribution in [3.8, 4) is 23.6 Å². The van der Waals surface area contributed by atoms with Crippen molar-refractivity contribution in [3.63, 3.8) is 0 Å². The number of ether oxygens (including phenoxy) is 5. The number of carbonyl (C=O) groups excluding carboxylic acids is 5. The first kappa shape index (κ1) is 61.6. The summed E-state index contributed by atoms with van der Waals surface area (Å²) in [5.41, 5.74) is 1.25. The number of halogens is 12. The Hall–Kier alpha value is -6.51. The van der Waals surface area contributed by atoms with Crippen LogP contribution in [0.5, 0.6) is 11.5 Å². The van der Waals surface area contributed by atoms with E-state index in [1.165, 1.54) is 19.9 Å². The Morgan fingerprint density at radius 1 is 0.569 bits per heavy atom. The number of amides is 2. The lowest BCUT2D eigenvalue weighted by molar-refractivity contribution is -0.309. The summed E-state index contributed by atoms with van der Waals surface area (Å²) in [5.74, 6) is -0.552. The molecular weight excluding hydrogens is 1000 g/mol. The van der Waals surface area contributed by atoms with Gasteiger partial charge in [0, 0.05) is 84.7 Å². The molecule has 2 fully saturated rings. The van der Waals surface area contributed by atoms with E-state index < -0.39 is 60.5 Å². The molecule has 0 spiro atoms. The summed E-state index contributed by atoms with van der Waals surface area (Å²) in [6.45, 7) is 13.8. The molecule has 16 nitrogen and oxygen atoms in total. The largest absolute Gasteiger partial charge is 0.487 e. The molecule has 400 valence electrons. The molecule has 0 aromatic heterocycles. The van der Waals surface area contributed by atoms with Crippen LogP contribution in [0, 0.1) is 28.1 Å². The van der Waals surface area contributed by atoms with Crippen molar-refractivity contribution in [1.82, 2.24) is 19.6 Å². The molecule has 0 unspecified atom stereocenters. The van der Waals surface area contributed by atoms with E-state index in [-0.39, 0.29) is 88.3 Å². The third-order valence-electron chi connectivity index (χ3n) is 10.8. The highest BCUT2D eigenvalue weighted by atomic mass is 19.4. The van der Waals surface area contributed by atoms with Gasteiger partial charge >= 0.3 is 43.0 Å². The van der Waals surface area contributed by atoms with Gasteiger partial charge in [-0.05, 0) is 61.4 Å². The van der Waals surface area contributed by atoms with E-state index in [1.54, 1.807) is 35.2 Å². The molecule has 0 radical (unpaired) electrons. The molecule has 0 N–H and O–H groups in total. The predicted octanol–water partition coefficient (Wildman–Crippen LogP) is 8.52. The zero-order valence-electron chi connectivity index (χ0n) is 39.6. The number of nitrogens with zero attached hydrogens (tertiary/aromatic N) is 6. The third kappa shape index (κ3) is 19.6. The van der Waals surface area contributed by atoms with Gasteiger partial charge in [0.25, 0.3) is 18.7 Å². The van der Waals surface area contributed by atoms with Crippen molar-refractivity contribution in [1.29, 1.82) is 10.5 Å². The summed E-state index contributed by atoms with van der Waals surface area (Å²) in [4.78, 5) is 55.9. The number of nitriles is 2. The standard InChI is InChI=1S/C23H29F6N3O3.C20H21F6N3O5.CO2/c1-20(2,3)21(4,5)35-17-11-15(13-30)10-16(12-17)14-31-6-8-32(9-7-31)19(33)34-18(22(24,25)26)23(27,28)29;1-18(2,32-12-30)34-15-8-13(10-27)7-14(9-15)11-28-3-5-29(6-4-28)17(31)33-16(19(21,22)23)20(24,25)26;2-1-3/h10-12,18H,6-9,14H2,1-5H3;7-9,12,16H,3-6,11H2,1-2H3;.